The Balaban J connectivity index is 4.86. The standard InChI is InChI=1S/C25H40/c1-11-19(5)23(9)16-24(10)20(6)14-13-15-21(7)25(12-2)17-22(8)18(3)4/h12,16-17,20H,2-3,11,13-15H2,1,4-10H3. The smallest absolute Gasteiger partial charge is 0.0231 e. The minimum absolute atomic E-state index is 0.632. The van der Waals surface area contributed by atoms with Gasteiger partial charge >= 0.3 is 0 Å². The Morgan fingerprint density at radius 3 is 2.04 bits per heavy atom. The summed E-state index contributed by atoms with van der Waals surface area (Å²) in [4.78, 5) is 0. The molecule has 1 atom stereocenters. The highest BCUT2D eigenvalue weighted by Gasteiger charge is 2.06. The molecule has 0 aromatic heterocycles. The summed E-state index contributed by atoms with van der Waals surface area (Å²) >= 11 is 0. The van der Waals surface area contributed by atoms with Crippen LogP contribution >= 0.6 is 0 Å². The zero-order valence-electron chi connectivity index (χ0n) is 18.1. The van der Waals surface area contributed by atoms with E-state index in [1.165, 1.54) is 46.3 Å². The maximum atomic E-state index is 4.01. The van der Waals surface area contributed by atoms with E-state index in [0.29, 0.717) is 5.92 Å². The highest BCUT2D eigenvalue weighted by molar-refractivity contribution is 5.40. The normalized spacial score (nSPS) is 16.2. The van der Waals surface area contributed by atoms with Gasteiger partial charge in [0, 0.05) is 0 Å². The zero-order valence-corrected chi connectivity index (χ0v) is 18.1. The van der Waals surface area contributed by atoms with Gasteiger partial charge in [-0.2, -0.15) is 0 Å². The van der Waals surface area contributed by atoms with E-state index in [2.05, 4.69) is 80.7 Å². The van der Waals surface area contributed by atoms with Crippen LogP contribution in [0.25, 0.3) is 0 Å². The van der Waals surface area contributed by atoms with E-state index in [9.17, 15) is 0 Å². The highest BCUT2D eigenvalue weighted by atomic mass is 14.1. The van der Waals surface area contributed by atoms with Gasteiger partial charge in [0.15, 0.2) is 0 Å². The third kappa shape index (κ3) is 8.91. The first kappa shape index (κ1) is 23.4. The molecule has 0 nitrogen and oxygen atoms in total. The maximum Gasteiger partial charge on any atom is -0.0231 e. The fourth-order valence-corrected chi connectivity index (χ4v) is 2.64. The van der Waals surface area contributed by atoms with Crippen molar-refractivity contribution in [2.45, 2.75) is 81.1 Å². The summed E-state index contributed by atoms with van der Waals surface area (Å²) in [5.74, 6) is 0.632. The summed E-state index contributed by atoms with van der Waals surface area (Å²) in [7, 11) is 0. The van der Waals surface area contributed by atoms with Crippen LogP contribution in [0.1, 0.15) is 81.1 Å². The van der Waals surface area contributed by atoms with Gasteiger partial charge in [-0.15, -0.1) is 0 Å². The van der Waals surface area contributed by atoms with Crippen LogP contribution in [0, 0.1) is 5.92 Å². The Morgan fingerprint density at radius 2 is 1.56 bits per heavy atom. The van der Waals surface area contributed by atoms with Gasteiger partial charge in [-0.3, -0.25) is 0 Å². The first-order valence-corrected chi connectivity index (χ1v) is 9.64. The Labute approximate surface area is 157 Å². The van der Waals surface area contributed by atoms with Crippen LogP contribution in [0.15, 0.2) is 70.4 Å². The molecular weight excluding hydrogens is 300 g/mol. The summed E-state index contributed by atoms with van der Waals surface area (Å²) in [6.07, 6.45) is 11.3. The van der Waals surface area contributed by atoms with E-state index < -0.39 is 0 Å². The number of rotatable bonds is 10. The first-order chi connectivity index (χ1) is 11.6. The van der Waals surface area contributed by atoms with Crippen molar-refractivity contribution in [1.29, 1.82) is 0 Å². The Bertz CT molecular complexity index is 588. The maximum absolute atomic E-state index is 4.01. The summed E-state index contributed by atoms with van der Waals surface area (Å²) in [6.45, 7) is 25.7. The molecule has 1 unspecified atom stereocenters. The van der Waals surface area contributed by atoms with Gasteiger partial charge in [0.05, 0.1) is 0 Å². The van der Waals surface area contributed by atoms with Crippen molar-refractivity contribution in [3.63, 3.8) is 0 Å². The summed E-state index contributed by atoms with van der Waals surface area (Å²) in [5.41, 5.74) is 9.43. The highest BCUT2D eigenvalue weighted by Crippen LogP contribution is 2.23. The van der Waals surface area contributed by atoms with E-state index in [1.807, 2.05) is 6.08 Å². The molecule has 0 saturated heterocycles. The van der Waals surface area contributed by atoms with Crippen molar-refractivity contribution in [1.82, 2.24) is 0 Å². The third-order valence-electron chi connectivity index (χ3n) is 5.37. The number of hydrogen-bond acceptors (Lipinski definition) is 0. The fourth-order valence-electron chi connectivity index (χ4n) is 2.64. The van der Waals surface area contributed by atoms with E-state index >= 15 is 0 Å². The lowest BCUT2D eigenvalue weighted by molar-refractivity contribution is 0.576. The molecule has 0 aliphatic carbocycles. The summed E-state index contributed by atoms with van der Waals surface area (Å²) in [5, 5.41) is 0. The van der Waals surface area contributed by atoms with Crippen LogP contribution in [0.3, 0.4) is 0 Å². The first-order valence-electron chi connectivity index (χ1n) is 9.64. The van der Waals surface area contributed by atoms with Crippen LogP contribution in [0.5, 0.6) is 0 Å². The molecule has 0 aromatic rings. The quantitative estimate of drug-likeness (QED) is 0.350. The fraction of sp³-hybridized carbons (Fsp3) is 0.520. The molecule has 0 bridgehead atoms. The molecule has 0 saturated carbocycles. The molecular formula is C25H40. The second kappa shape index (κ2) is 11.9. The van der Waals surface area contributed by atoms with E-state index in [-0.39, 0.29) is 0 Å². The Kier molecular flexibility index (Phi) is 11.2. The van der Waals surface area contributed by atoms with Gasteiger partial charge < -0.3 is 0 Å². The van der Waals surface area contributed by atoms with Gasteiger partial charge in [0.25, 0.3) is 0 Å². The molecule has 0 amide bonds. The molecule has 0 aromatic carbocycles. The van der Waals surface area contributed by atoms with E-state index in [0.717, 1.165) is 18.4 Å². The second-order valence-corrected chi connectivity index (χ2v) is 7.55. The monoisotopic (exact) mass is 340 g/mol. The molecule has 0 aliphatic rings. The van der Waals surface area contributed by atoms with Crippen LogP contribution in [-0.2, 0) is 0 Å². The molecule has 0 N–H and O–H groups in total. The topological polar surface area (TPSA) is 0 Å². The van der Waals surface area contributed by atoms with Crippen molar-refractivity contribution >= 4 is 0 Å². The molecule has 140 valence electrons. The minimum atomic E-state index is 0.632. The molecule has 25 heavy (non-hydrogen) atoms. The van der Waals surface area contributed by atoms with E-state index in [4.69, 9.17) is 0 Å². The van der Waals surface area contributed by atoms with Crippen LogP contribution in [-0.4, -0.2) is 0 Å². The predicted molar refractivity (Wildman–Crippen MR) is 117 cm³/mol. The molecule has 0 aliphatic heterocycles. The van der Waals surface area contributed by atoms with Gasteiger partial charge in [-0.05, 0) is 84.3 Å². The SMILES string of the molecule is C=CC(C=C(C)C(=C)C)=C(C)CCCC(C)C(C)=CC(C)=C(C)CC. The van der Waals surface area contributed by atoms with Crippen LogP contribution < -0.4 is 0 Å². The van der Waals surface area contributed by atoms with Crippen molar-refractivity contribution in [2.75, 3.05) is 0 Å². The van der Waals surface area contributed by atoms with Crippen molar-refractivity contribution < 1.29 is 0 Å². The van der Waals surface area contributed by atoms with E-state index in [1.54, 1.807) is 0 Å². The minimum Gasteiger partial charge on any atom is -0.0985 e. The van der Waals surface area contributed by atoms with Gasteiger partial charge in [-0.25, -0.2) is 0 Å². The molecule has 0 heterocycles. The Hall–Kier alpha value is -1.56. The number of allylic oxidation sites excluding steroid dienone is 10. The largest absolute Gasteiger partial charge is 0.0985 e. The molecule has 0 spiro atoms. The Morgan fingerprint density at radius 1 is 0.960 bits per heavy atom. The van der Waals surface area contributed by atoms with Crippen LogP contribution in [0.4, 0.5) is 0 Å². The average molecular weight is 341 g/mol. The van der Waals surface area contributed by atoms with Gasteiger partial charge in [0.2, 0.25) is 0 Å². The third-order valence-corrected chi connectivity index (χ3v) is 5.37. The predicted octanol–water partition coefficient (Wildman–Crippen LogP) is 8.51. The lowest BCUT2D eigenvalue weighted by Gasteiger charge is -2.14. The number of hydrogen-bond donors (Lipinski definition) is 0. The van der Waals surface area contributed by atoms with Crippen molar-refractivity contribution in [3.05, 3.63) is 70.4 Å². The second-order valence-electron chi connectivity index (χ2n) is 7.55. The van der Waals surface area contributed by atoms with Gasteiger partial charge in [0.1, 0.15) is 0 Å². The molecule has 0 fully saturated rings. The molecule has 0 heteroatoms. The summed E-state index contributed by atoms with van der Waals surface area (Å²) < 4.78 is 0. The van der Waals surface area contributed by atoms with Crippen molar-refractivity contribution in [3.8, 4) is 0 Å². The zero-order chi connectivity index (χ0) is 19.6. The average Bonchev–Trinajstić information content (AvgIpc) is 2.57. The van der Waals surface area contributed by atoms with Crippen molar-refractivity contribution in [2.24, 2.45) is 5.92 Å². The lowest BCUT2D eigenvalue weighted by Crippen LogP contribution is -1.98. The van der Waals surface area contributed by atoms with Gasteiger partial charge in [-0.1, -0.05) is 73.1 Å². The van der Waals surface area contributed by atoms with Crippen LogP contribution in [0.2, 0.25) is 0 Å². The summed E-state index contributed by atoms with van der Waals surface area (Å²) in [6, 6.07) is 0. The molecule has 0 rings (SSSR count). The molecule has 0 radical (unpaired) electrons. The lowest BCUT2D eigenvalue weighted by atomic mass is 9.92.